The highest BCUT2D eigenvalue weighted by Crippen LogP contribution is 2.08. The molecule has 0 spiro atoms. The number of nitrogens with two attached hydrogens (primary N) is 1. The molecule has 1 rings (SSSR count). The first-order chi connectivity index (χ1) is 8.77. The van der Waals surface area contributed by atoms with Gasteiger partial charge < -0.3 is 10.5 Å². The van der Waals surface area contributed by atoms with Crippen LogP contribution in [-0.4, -0.2) is 19.1 Å². The zero-order chi connectivity index (χ0) is 13.2. The minimum Gasteiger partial charge on any atom is -0.462 e. The Kier molecular flexibility index (Phi) is 7.11. The molecule has 100 valence electrons. The van der Waals surface area contributed by atoms with Crippen LogP contribution in [-0.2, 0) is 11.2 Å². The third-order valence-electron chi connectivity index (χ3n) is 2.83. The van der Waals surface area contributed by atoms with Gasteiger partial charge in [-0.3, -0.25) is 0 Å². The Labute approximate surface area is 109 Å². The summed E-state index contributed by atoms with van der Waals surface area (Å²) in [6.45, 7) is 3.27. The van der Waals surface area contributed by atoms with Crippen molar-refractivity contribution in [2.45, 2.75) is 39.0 Å². The average Bonchev–Trinajstić information content (AvgIpc) is 2.39. The first kappa shape index (κ1) is 14.7. The zero-order valence-corrected chi connectivity index (χ0v) is 11.2. The maximum Gasteiger partial charge on any atom is 0.338 e. The van der Waals surface area contributed by atoms with Gasteiger partial charge in [0.15, 0.2) is 0 Å². The topological polar surface area (TPSA) is 52.3 Å². The maximum atomic E-state index is 11.8. The van der Waals surface area contributed by atoms with E-state index in [-0.39, 0.29) is 5.97 Å². The van der Waals surface area contributed by atoms with Gasteiger partial charge in [0.25, 0.3) is 0 Å². The van der Waals surface area contributed by atoms with E-state index in [1.54, 1.807) is 6.07 Å². The Hall–Kier alpha value is -1.35. The molecule has 0 unspecified atom stereocenters. The van der Waals surface area contributed by atoms with Crippen LogP contribution in [0.2, 0.25) is 0 Å². The Morgan fingerprint density at radius 2 is 2.11 bits per heavy atom. The summed E-state index contributed by atoms with van der Waals surface area (Å²) in [6, 6.07) is 7.50. The van der Waals surface area contributed by atoms with Gasteiger partial charge in [0.2, 0.25) is 0 Å². The van der Waals surface area contributed by atoms with E-state index >= 15 is 0 Å². The summed E-state index contributed by atoms with van der Waals surface area (Å²) in [5.41, 5.74) is 7.20. The molecule has 1 aromatic rings. The molecule has 0 atom stereocenters. The van der Waals surface area contributed by atoms with Crippen LogP contribution in [0.15, 0.2) is 24.3 Å². The maximum absolute atomic E-state index is 11.8. The molecule has 0 saturated heterocycles. The van der Waals surface area contributed by atoms with Crippen LogP contribution in [0.25, 0.3) is 0 Å². The molecule has 3 nitrogen and oxygen atoms in total. The fourth-order valence-electron chi connectivity index (χ4n) is 1.80. The second-order valence-electron chi connectivity index (χ2n) is 4.44. The molecule has 0 saturated carbocycles. The van der Waals surface area contributed by atoms with Gasteiger partial charge in [-0.2, -0.15) is 0 Å². The Balaban J connectivity index is 2.38. The van der Waals surface area contributed by atoms with Crippen molar-refractivity contribution < 1.29 is 9.53 Å². The van der Waals surface area contributed by atoms with Gasteiger partial charge in [0.1, 0.15) is 0 Å². The smallest absolute Gasteiger partial charge is 0.338 e. The van der Waals surface area contributed by atoms with Crippen molar-refractivity contribution in [1.82, 2.24) is 0 Å². The summed E-state index contributed by atoms with van der Waals surface area (Å²) in [4.78, 5) is 11.8. The van der Waals surface area contributed by atoms with Crippen molar-refractivity contribution in [2.24, 2.45) is 5.73 Å². The minimum atomic E-state index is -0.231. The van der Waals surface area contributed by atoms with E-state index in [2.05, 4.69) is 6.92 Å². The van der Waals surface area contributed by atoms with Gasteiger partial charge in [0, 0.05) is 0 Å². The molecule has 0 heterocycles. The molecule has 0 aromatic heterocycles. The molecular formula is C15H23NO2. The normalized spacial score (nSPS) is 10.3. The standard InChI is InChI=1S/C15H23NO2/c1-2-3-4-5-11-18-15(17)14-8-6-7-13(12-14)9-10-16/h6-8,12H,2-5,9-11,16H2,1H3. The third kappa shape index (κ3) is 5.32. The largest absolute Gasteiger partial charge is 0.462 e. The van der Waals surface area contributed by atoms with Crippen LogP contribution in [0.5, 0.6) is 0 Å². The first-order valence-corrected chi connectivity index (χ1v) is 6.74. The lowest BCUT2D eigenvalue weighted by molar-refractivity contribution is 0.0497. The van der Waals surface area contributed by atoms with Gasteiger partial charge in [0.05, 0.1) is 12.2 Å². The van der Waals surface area contributed by atoms with Crippen molar-refractivity contribution in [3.8, 4) is 0 Å². The summed E-state index contributed by atoms with van der Waals surface area (Å²) in [6.07, 6.45) is 5.25. The number of hydrogen-bond donors (Lipinski definition) is 1. The lowest BCUT2D eigenvalue weighted by atomic mass is 10.1. The van der Waals surface area contributed by atoms with Gasteiger partial charge in [-0.15, -0.1) is 0 Å². The Bertz CT molecular complexity index is 363. The fraction of sp³-hybridized carbons (Fsp3) is 0.533. The van der Waals surface area contributed by atoms with Crippen LogP contribution >= 0.6 is 0 Å². The highest BCUT2D eigenvalue weighted by atomic mass is 16.5. The molecule has 0 fully saturated rings. The van der Waals surface area contributed by atoms with Crippen molar-refractivity contribution in [3.63, 3.8) is 0 Å². The van der Waals surface area contributed by atoms with E-state index in [0.717, 1.165) is 24.8 Å². The van der Waals surface area contributed by atoms with Crippen LogP contribution in [0.1, 0.15) is 48.5 Å². The number of hydrogen-bond acceptors (Lipinski definition) is 3. The monoisotopic (exact) mass is 249 g/mol. The molecule has 1 aromatic carbocycles. The summed E-state index contributed by atoms with van der Waals surface area (Å²) in [5, 5.41) is 0. The second kappa shape index (κ2) is 8.70. The van der Waals surface area contributed by atoms with E-state index in [1.165, 1.54) is 12.8 Å². The highest BCUT2D eigenvalue weighted by Gasteiger charge is 2.07. The Morgan fingerprint density at radius 1 is 1.28 bits per heavy atom. The van der Waals surface area contributed by atoms with Crippen LogP contribution in [0.4, 0.5) is 0 Å². The van der Waals surface area contributed by atoms with Crippen molar-refractivity contribution >= 4 is 5.97 Å². The lowest BCUT2D eigenvalue weighted by Gasteiger charge is -2.06. The summed E-state index contributed by atoms with van der Waals surface area (Å²) < 4.78 is 5.24. The molecule has 0 radical (unpaired) electrons. The Morgan fingerprint density at radius 3 is 2.83 bits per heavy atom. The van der Waals surface area contributed by atoms with Crippen LogP contribution in [0, 0.1) is 0 Å². The van der Waals surface area contributed by atoms with Gasteiger partial charge in [-0.05, 0) is 37.1 Å². The minimum absolute atomic E-state index is 0.231. The molecule has 18 heavy (non-hydrogen) atoms. The fourth-order valence-corrected chi connectivity index (χ4v) is 1.80. The van der Waals surface area contributed by atoms with E-state index in [0.29, 0.717) is 18.7 Å². The SMILES string of the molecule is CCCCCCOC(=O)c1cccc(CCN)c1. The molecule has 2 N–H and O–H groups in total. The highest BCUT2D eigenvalue weighted by molar-refractivity contribution is 5.89. The van der Waals surface area contributed by atoms with Crippen molar-refractivity contribution in [1.29, 1.82) is 0 Å². The molecular weight excluding hydrogens is 226 g/mol. The summed E-state index contributed by atoms with van der Waals surface area (Å²) >= 11 is 0. The number of benzene rings is 1. The number of unbranched alkanes of at least 4 members (excludes halogenated alkanes) is 3. The molecule has 0 amide bonds. The van der Waals surface area contributed by atoms with Gasteiger partial charge in [-0.1, -0.05) is 38.3 Å². The van der Waals surface area contributed by atoms with Crippen molar-refractivity contribution in [2.75, 3.05) is 13.2 Å². The quantitative estimate of drug-likeness (QED) is 0.569. The van der Waals surface area contributed by atoms with Gasteiger partial charge in [-0.25, -0.2) is 4.79 Å². The zero-order valence-electron chi connectivity index (χ0n) is 11.2. The van der Waals surface area contributed by atoms with Crippen molar-refractivity contribution in [3.05, 3.63) is 35.4 Å². The number of carbonyl (C=O) groups is 1. The van der Waals surface area contributed by atoms with E-state index in [4.69, 9.17) is 10.5 Å². The van der Waals surface area contributed by atoms with E-state index < -0.39 is 0 Å². The lowest BCUT2D eigenvalue weighted by Crippen LogP contribution is -2.08. The van der Waals surface area contributed by atoms with Gasteiger partial charge >= 0.3 is 5.97 Å². The van der Waals surface area contributed by atoms with E-state index in [9.17, 15) is 4.79 Å². The number of esters is 1. The second-order valence-corrected chi connectivity index (χ2v) is 4.44. The average molecular weight is 249 g/mol. The molecule has 3 heteroatoms. The molecule has 0 aliphatic rings. The summed E-state index contributed by atoms with van der Waals surface area (Å²) in [7, 11) is 0. The van der Waals surface area contributed by atoms with Crippen LogP contribution in [0.3, 0.4) is 0 Å². The molecule has 0 aliphatic heterocycles. The summed E-state index contributed by atoms with van der Waals surface area (Å²) in [5.74, 6) is -0.231. The predicted molar refractivity (Wildman–Crippen MR) is 73.6 cm³/mol. The predicted octanol–water partition coefficient (Wildman–Crippen LogP) is 2.92. The van der Waals surface area contributed by atoms with Crippen LogP contribution < -0.4 is 5.73 Å². The number of carbonyl (C=O) groups excluding carboxylic acids is 1. The number of rotatable bonds is 8. The first-order valence-electron chi connectivity index (χ1n) is 6.74. The van der Waals surface area contributed by atoms with E-state index in [1.807, 2.05) is 18.2 Å². The molecule has 0 bridgehead atoms. The molecule has 0 aliphatic carbocycles. The third-order valence-corrected chi connectivity index (χ3v) is 2.83. The number of ether oxygens (including phenoxy) is 1.